The number of benzene rings is 1. The fourth-order valence-electron chi connectivity index (χ4n) is 1.57. The Morgan fingerprint density at radius 2 is 1.95 bits per heavy atom. The van der Waals surface area contributed by atoms with Crippen molar-refractivity contribution in [1.82, 2.24) is 15.0 Å². The number of rotatable bonds is 5. The first-order valence-corrected chi connectivity index (χ1v) is 6.44. The predicted molar refractivity (Wildman–Crippen MR) is 74.5 cm³/mol. The second-order valence-electron chi connectivity index (χ2n) is 3.91. The standard InChI is InChI=1S/C13H15ClN4O/c1-3-15-12-16-11(14)17-13(18-12)19-9(2)10-7-5-4-6-8-10/h4-9H,3H2,1-2H3,(H,15,16,17,18). The Morgan fingerprint density at radius 1 is 1.21 bits per heavy atom. The lowest BCUT2D eigenvalue weighted by Crippen LogP contribution is -2.09. The highest BCUT2D eigenvalue weighted by atomic mass is 35.5. The zero-order valence-corrected chi connectivity index (χ0v) is 11.6. The van der Waals surface area contributed by atoms with Crippen molar-refractivity contribution in [2.24, 2.45) is 0 Å². The summed E-state index contributed by atoms with van der Waals surface area (Å²) in [5, 5.41) is 3.09. The lowest BCUT2D eigenvalue weighted by Gasteiger charge is -2.13. The third-order valence-corrected chi connectivity index (χ3v) is 2.64. The monoisotopic (exact) mass is 278 g/mol. The topological polar surface area (TPSA) is 59.9 Å². The van der Waals surface area contributed by atoms with Crippen molar-refractivity contribution in [3.63, 3.8) is 0 Å². The van der Waals surface area contributed by atoms with Crippen LogP contribution in [0.1, 0.15) is 25.5 Å². The molecule has 1 heterocycles. The minimum absolute atomic E-state index is 0.112. The van der Waals surface area contributed by atoms with Crippen LogP contribution in [0.15, 0.2) is 30.3 Å². The van der Waals surface area contributed by atoms with Crippen molar-refractivity contribution in [3.05, 3.63) is 41.2 Å². The highest BCUT2D eigenvalue weighted by Crippen LogP contribution is 2.20. The molecule has 0 fully saturated rings. The fourth-order valence-corrected chi connectivity index (χ4v) is 1.72. The van der Waals surface area contributed by atoms with Crippen molar-refractivity contribution >= 4 is 17.5 Å². The Kier molecular flexibility index (Phi) is 4.52. The number of hydrogen-bond donors (Lipinski definition) is 1. The molecule has 0 aliphatic rings. The normalized spacial score (nSPS) is 11.9. The van der Waals surface area contributed by atoms with Crippen LogP contribution in [0.2, 0.25) is 5.28 Å². The molecule has 1 aromatic carbocycles. The minimum Gasteiger partial charge on any atom is -0.455 e. The third-order valence-electron chi connectivity index (χ3n) is 2.47. The number of aromatic nitrogens is 3. The Labute approximate surface area is 117 Å². The first-order chi connectivity index (χ1) is 9.19. The van der Waals surface area contributed by atoms with Gasteiger partial charge in [0.05, 0.1) is 0 Å². The molecular weight excluding hydrogens is 264 g/mol. The van der Waals surface area contributed by atoms with Gasteiger partial charge < -0.3 is 10.1 Å². The van der Waals surface area contributed by atoms with E-state index in [4.69, 9.17) is 16.3 Å². The van der Waals surface area contributed by atoms with E-state index in [9.17, 15) is 0 Å². The minimum atomic E-state index is -0.158. The summed E-state index contributed by atoms with van der Waals surface area (Å²) in [5.74, 6) is 0.415. The van der Waals surface area contributed by atoms with E-state index < -0.39 is 0 Å². The van der Waals surface area contributed by atoms with Crippen molar-refractivity contribution in [3.8, 4) is 6.01 Å². The average Bonchev–Trinajstić information content (AvgIpc) is 2.39. The van der Waals surface area contributed by atoms with Gasteiger partial charge in [-0.3, -0.25) is 0 Å². The lowest BCUT2D eigenvalue weighted by atomic mass is 10.1. The highest BCUT2D eigenvalue weighted by molar-refractivity contribution is 6.28. The van der Waals surface area contributed by atoms with Crippen molar-refractivity contribution < 1.29 is 4.74 Å². The van der Waals surface area contributed by atoms with Crippen molar-refractivity contribution in [1.29, 1.82) is 0 Å². The van der Waals surface area contributed by atoms with E-state index in [1.165, 1.54) is 0 Å². The van der Waals surface area contributed by atoms with E-state index in [1.54, 1.807) is 0 Å². The second kappa shape index (κ2) is 6.33. The van der Waals surface area contributed by atoms with E-state index in [1.807, 2.05) is 44.2 Å². The van der Waals surface area contributed by atoms with Crippen LogP contribution in [0.4, 0.5) is 5.95 Å². The van der Waals surface area contributed by atoms with Crippen LogP contribution in [-0.2, 0) is 0 Å². The van der Waals surface area contributed by atoms with Crippen molar-refractivity contribution in [2.45, 2.75) is 20.0 Å². The Hall–Kier alpha value is -1.88. The molecule has 0 spiro atoms. The average molecular weight is 279 g/mol. The molecule has 0 amide bonds. The van der Waals surface area contributed by atoms with Crippen LogP contribution in [0.25, 0.3) is 0 Å². The molecule has 6 heteroatoms. The molecule has 0 bridgehead atoms. The first-order valence-electron chi connectivity index (χ1n) is 6.06. The van der Waals surface area contributed by atoms with Gasteiger partial charge in [-0.15, -0.1) is 0 Å². The van der Waals surface area contributed by atoms with Gasteiger partial charge in [-0.1, -0.05) is 30.3 Å². The summed E-state index contributed by atoms with van der Waals surface area (Å²) in [6, 6.07) is 10.1. The summed E-state index contributed by atoms with van der Waals surface area (Å²) in [6.45, 7) is 4.58. The van der Waals surface area contributed by atoms with Crippen LogP contribution < -0.4 is 10.1 Å². The molecule has 0 saturated heterocycles. The summed E-state index contributed by atoms with van der Waals surface area (Å²) >= 11 is 5.83. The largest absolute Gasteiger partial charge is 0.455 e. The molecule has 1 unspecified atom stereocenters. The molecule has 0 radical (unpaired) electrons. The van der Waals surface area contributed by atoms with Gasteiger partial charge in [0.1, 0.15) is 6.10 Å². The van der Waals surface area contributed by atoms with Gasteiger partial charge in [0.2, 0.25) is 11.2 Å². The summed E-state index contributed by atoms with van der Waals surface area (Å²) < 4.78 is 5.68. The maximum Gasteiger partial charge on any atom is 0.323 e. The third kappa shape index (κ3) is 3.79. The van der Waals surface area contributed by atoms with Gasteiger partial charge in [-0.2, -0.15) is 15.0 Å². The van der Waals surface area contributed by atoms with E-state index in [2.05, 4.69) is 20.3 Å². The smallest absolute Gasteiger partial charge is 0.323 e. The van der Waals surface area contributed by atoms with E-state index >= 15 is 0 Å². The molecule has 2 rings (SSSR count). The number of hydrogen-bond acceptors (Lipinski definition) is 5. The van der Waals surface area contributed by atoms with E-state index in [-0.39, 0.29) is 17.4 Å². The maximum absolute atomic E-state index is 5.83. The van der Waals surface area contributed by atoms with Gasteiger partial charge in [-0.25, -0.2) is 0 Å². The molecule has 1 aromatic heterocycles. The predicted octanol–water partition coefficient (Wildman–Crippen LogP) is 3.10. The number of nitrogens with one attached hydrogen (secondary N) is 1. The lowest BCUT2D eigenvalue weighted by molar-refractivity contribution is 0.207. The van der Waals surface area contributed by atoms with Gasteiger partial charge in [0, 0.05) is 6.54 Å². The molecule has 100 valence electrons. The zero-order chi connectivity index (χ0) is 13.7. The summed E-state index contributed by atoms with van der Waals surface area (Å²) in [6.07, 6.45) is -0.158. The summed E-state index contributed by atoms with van der Waals surface area (Å²) in [5.41, 5.74) is 1.05. The quantitative estimate of drug-likeness (QED) is 0.911. The maximum atomic E-state index is 5.83. The molecule has 19 heavy (non-hydrogen) atoms. The van der Waals surface area contributed by atoms with E-state index in [0.717, 1.165) is 5.56 Å². The van der Waals surface area contributed by atoms with Crippen molar-refractivity contribution in [2.75, 3.05) is 11.9 Å². The van der Waals surface area contributed by atoms with Crippen LogP contribution in [-0.4, -0.2) is 21.5 Å². The Bertz CT molecular complexity index is 535. The molecule has 1 atom stereocenters. The molecule has 0 aliphatic carbocycles. The number of halogens is 1. The second-order valence-corrected chi connectivity index (χ2v) is 4.25. The van der Waals surface area contributed by atoms with Gasteiger partial charge in [0.15, 0.2) is 0 Å². The summed E-state index contributed by atoms with van der Waals surface area (Å²) in [4.78, 5) is 12.1. The molecule has 0 saturated carbocycles. The molecular formula is C13H15ClN4O. The van der Waals surface area contributed by atoms with Crippen LogP contribution in [0.5, 0.6) is 6.01 Å². The summed E-state index contributed by atoms with van der Waals surface area (Å²) in [7, 11) is 0. The van der Waals surface area contributed by atoms with Crippen LogP contribution in [0, 0.1) is 0 Å². The molecule has 2 aromatic rings. The van der Waals surface area contributed by atoms with Crippen LogP contribution in [0.3, 0.4) is 0 Å². The number of nitrogens with zero attached hydrogens (tertiary/aromatic N) is 3. The Balaban J connectivity index is 2.14. The number of anilines is 1. The SMILES string of the molecule is CCNc1nc(Cl)nc(OC(C)c2ccccc2)n1. The zero-order valence-electron chi connectivity index (χ0n) is 10.8. The molecule has 5 nitrogen and oxygen atoms in total. The molecule has 0 aliphatic heterocycles. The highest BCUT2D eigenvalue weighted by Gasteiger charge is 2.11. The van der Waals surface area contributed by atoms with Crippen LogP contribution >= 0.6 is 11.6 Å². The fraction of sp³-hybridized carbons (Fsp3) is 0.308. The van der Waals surface area contributed by atoms with E-state index in [0.29, 0.717) is 12.5 Å². The van der Waals surface area contributed by atoms with Gasteiger partial charge in [0.25, 0.3) is 0 Å². The van der Waals surface area contributed by atoms with Gasteiger partial charge in [-0.05, 0) is 31.0 Å². The number of ether oxygens (including phenoxy) is 1. The first kappa shape index (κ1) is 13.5. The Morgan fingerprint density at radius 3 is 2.63 bits per heavy atom. The van der Waals surface area contributed by atoms with Gasteiger partial charge >= 0.3 is 6.01 Å². The molecule has 1 N–H and O–H groups in total.